The first kappa shape index (κ1) is 5.96. The van der Waals surface area contributed by atoms with E-state index in [1.807, 2.05) is 0 Å². The van der Waals surface area contributed by atoms with Crippen LogP contribution in [0.5, 0.6) is 0 Å². The van der Waals surface area contributed by atoms with Crippen LogP contribution in [0, 0.1) is 12.0 Å². The summed E-state index contributed by atoms with van der Waals surface area (Å²) in [5.74, 6) is 0.348. The van der Waals surface area contributed by atoms with Gasteiger partial charge in [-0.15, -0.1) is 0 Å². The standard InChI is InChI=1S/C8H9O2/c1-5-4-6(5)7-2-3-8(9)10-7/h6H,1-4H2. The minimum atomic E-state index is -0.0744. The van der Waals surface area contributed by atoms with Crippen LogP contribution in [0.3, 0.4) is 0 Å². The Hall–Kier alpha value is -0.790. The first-order valence-corrected chi connectivity index (χ1v) is 3.51. The van der Waals surface area contributed by atoms with E-state index in [0.717, 1.165) is 18.9 Å². The van der Waals surface area contributed by atoms with Gasteiger partial charge in [-0.05, 0) is 6.42 Å². The summed E-state index contributed by atoms with van der Waals surface area (Å²) in [4.78, 5) is 10.6. The maximum atomic E-state index is 10.6. The highest BCUT2D eigenvalue weighted by Gasteiger charge is 2.42. The second-order valence-corrected chi connectivity index (χ2v) is 2.86. The minimum absolute atomic E-state index is 0.0744. The normalized spacial score (nSPS) is 32.6. The molecule has 2 aliphatic rings. The van der Waals surface area contributed by atoms with Crippen molar-refractivity contribution in [3.8, 4) is 0 Å². The highest BCUT2D eigenvalue weighted by Crippen LogP contribution is 2.47. The number of carbonyl (C=O) groups is 1. The topological polar surface area (TPSA) is 26.3 Å². The van der Waals surface area contributed by atoms with Crippen LogP contribution in [0.2, 0.25) is 0 Å². The van der Waals surface area contributed by atoms with Gasteiger partial charge in [-0.1, -0.05) is 12.2 Å². The Morgan fingerprint density at radius 2 is 2.20 bits per heavy atom. The van der Waals surface area contributed by atoms with Crippen LogP contribution in [-0.2, 0) is 9.53 Å². The highest BCUT2D eigenvalue weighted by molar-refractivity contribution is 5.73. The van der Waals surface area contributed by atoms with Crippen molar-refractivity contribution in [1.82, 2.24) is 0 Å². The van der Waals surface area contributed by atoms with Gasteiger partial charge in [0.25, 0.3) is 0 Å². The molecule has 1 unspecified atom stereocenters. The van der Waals surface area contributed by atoms with Gasteiger partial charge in [-0.3, -0.25) is 4.79 Å². The molecule has 0 aromatic heterocycles. The fourth-order valence-electron chi connectivity index (χ4n) is 1.26. The Balaban J connectivity index is 1.96. The van der Waals surface area contributed by atoms with Crippen LogP contribution in [0.15, 0.2) is 12.2 Å². The van der Waals surface area contributed by atoms with Crippen LogP contribution >= 0.6 is 0 Å². The third-order valence-electron chi connectivity index (χ3n) is 2.01. The summed E-state index contributed by atoms with van der Waals surface area (Å²) in [6.07, 6.45) is 3.37. The maximum Gasteiger partial charge on any atom is 0.306 e. The van der Waals surface area contributed by atoms with Gasteiger partial charge in [-0.25, -0.2) is 0 Å². The second kappa shape index (κ2) is 1.84. The van der Waals surface area contributed by atoms with Gasteiger partial charge in [0.1, 0.15) is 0 Å². The molecule has 1 radical (unpaired) electrons. The fourth-order valence-corrected chi connectivity index (χ4v) is 1.26. The molecule has 0 aromatic rings. The Kier molecular flexibility index (Phi) is 1.10. The quantitative estimate of drug-likeness (QED) is 0.403. The predicted octanol–water partition coefficient (Wildman–Crippen LogP) is 1.43. The van der Waals surface area contributed by atoms with Gasteiger partial charge in [0.15, 0.2) is 6.10 Å². The average Bonchev–Trinajstić information content (AvgIpc) is 2.42. The number of cyclic esters (lactones) is 1. The molecular weight excluding hydrogens is 128 g/mol. The molecule has 2 rings (SSSR count). The second-order valence-electron chi connectivity index (χ2n) is 2.86. The Morgan fingerprint density at radius 3 is 2.60 bits per heavy atom. The number of hydrogen-bond donors (Lipinski definition) is 0. The molecular formula is C8H9O2. The molecule has 10 heavy (non-hydrogen) atoms. The number of ether oxygens (including phenoxy) is 1. The summed E-state index contributed by atoms with van der Waals surface area (Å²) in [6, 6.07) is 0. The number of rotatable bonds is 1. The summed E-state index contributed by atoms with van der Waals surface area (Å²) in [5, 5.41) is 0. The molecule has 0 aromatic carbocycles. The van der Waals surface area contributed by atoms with Crippen LogP contribution in [0.1, 0.15) is 19.3 Å². The highest BCUT2D eigenvalue weighted by atomic mass is 16.5. The van der Waals surface area contributed by atoms with Gasteiger partial charge in [0, 0.05) is 18.8 Å². The van der Waals surface area contributed by atoms with E-state index >= 15 is 0 Å². The smallest absolute Gasteiger partial charge is 0.306 e. The summed E-state index contributed by atoms with van der Waals surface area (Å²) in [6.45, 7) is 3.81. The summed E-state index contributed by atoms with van der Waals surface area (Å²) in [5.41, 5.74) is 1.21. The molecule has 1 aliphatic carbocycles. The predicted molar refractivity (Wildman–Crippen MR) is 35.8 cm³/mol. The molecule has 0 bridgehead atoms. The zero-order valence-corrected chi connectivity index (χ0v) is 5.72. The lowest BCUT2D eigenvalue weighted by molar-refractivity contribution is -0.137. The van der Waals surface area contributed by atoms with E-state index in [1.165, 1.54) is 5.57 Å². The molecule has 2 fully saturated rings. The van der Waals surface area contributed by atoms with Crippen molar-refractivity contribution in [2.24, 2.45) is 5.92 Å². The zero-order chi connectivity index (χ0) is 7.14. The zero-order valence-electron chi connectivity index (χ0n) is 5.72. The van der Waals surface area contributed by atoms with E-state index in [2.05, 4.69) is 6.58 Å². The molecule has 1 aliphatic heterocycles. The molecule has 1 saturated carbocycles. The van der Waals surface area contributed by atoms with E-state index in [4.69, 9.17) is 4.74 Å². The molecule has 0 amide bonds. The number of esters is 1. The minimum Gasteiger partial charge on any atom is -0.454 e. The van der Waals surface area contributed by atoms with Crippen molar-refractivity contribution in [2.75, 3.05) is 0 Å². The van der Waals surface area contributed by atoms with Crippen molar-refractivity contribution >= 4 is 5.97 Å². The molecule has 53 valence electrons. The van der Waals surface area contributed by atoms with Crippen LogP contribution in [-0.4, -0.2) is 5.97 Å². The SMILES string of the molecule is C=C1CC1[C]1CCC(=O)O1. The van der Waals surface area contributed by atoms with Crippen LogP contribution < -0.4 is 0 Å². The van der Waals surface area contributed by atoms with Crippen molar-refractivity contribution in [2.45, 2.75) is 19.3 Å². The lowest BCUT2D eigenvalue weighted by Gasteiger charge is -2.02. The summed E-state index contributed by atoms with van der Waals surface area (Å²) < 4.78 is 4.97. The largest absolute Gasteiger partial charge is 0.454 e. The van der Waals surface area contributed by atoms with E-state index in [-0.39, 0.29) is 5.97 Å². The molecule has 2 nitrogen and oxygen atoms in total. The maximum absolute atomic E-state index is 10.6. The van der Waals surface area contributed by atoms with E-state index in [1.54, 1.807) is 0 Å². The van der Waals surface area contributed by atoms with E-state index in [9.17, 15) is 4.79 Å². The first-order chi connectivity index (χ1) is 4.77. The van der Waals surface area contributed by atoms with Gasteiger partial charge in [0.2, 0.25) is 0 Å². The fraction of sp³-hybridized carbons (Fsp3) is 0.500. The van der Waals surface area contributed by atoms with Gasteiger partial charge in [-0.2, -0.15) is 0 Å². The summed E-state index contributed by atoms with van der Waals surface area (Å²) in [7, 11) is 0. The van der Waals surface area contributed by atoms with Gasteiger partial charge in [0.05, 0.1) is 0 Å². The Bertz CT molecular complexity index is 195. The Morgan fingerprint density at radius 1 is 1.50 bits per heavy atom. The monoisotopic (exact) mass is 137 g/mol. The molecule has 1 heterocycles. The summed E-state index contributed by atoms with van der Waals surface area (Å²) >= 11 is 0. The van der Waals surface area contributed by atoms with E-state index in [0.29, 0.717) is 12.3 Å². The average molecular weight is 137 g/mol. The molecule has 1 saturated heterocycles. The van der Waals surface area contributed by atoms with Gasteiger partial charge < -0.3 is 4.74 Å². The number of hydrogen-bond acceptors (Lipinski definition) is 2. The third kappa shape index (κ3) is 0.838. The van der Waals surface area contributed by atoms with Crippen LogP contribution in [0.4, 0.5) is 0 Å². The van der Waals surface area contributed by atoms with Crippen molar-refractivity contribution < 1.29 is 9.53 Å². The Labute approximate surface area is 59.9 Å². The van der Waals surface area contributed by atoms with Crippen molar-refractivity contribution in [3.05, 3.63) is 18.3 Å². The van der Waals surface area contributed by atoms with Gasteiger partial charge >= 0.3 is 5.97 Å². The molecule has 0 N–H and O–H groups in total. The first-order valence-electron chi connectivity index (χ1n) is 3.51. The molecule has 1 atom stereocenters. The van der Waals surface area contributed by atoms with Crippen LogP contribution in [0.25, 0.3) is 0 Å². The van der Waals surface area contributed by atoms with E-state index < -0.39 is 0 Å². The lowest BCUT2D eigenvalue weighted by atomic mass is 10.1. The lowest BCUT2D eigenvalue weighted by Crippen LogP contribution is -1.98. The van der Waals surface area contributed by atoms with Crippen molar-refractivity contribution in [1.29, 1.82) is 0 Å². The molecule has 2 heteroatoms. The van der Waals surface area contributed by atoms with Crippen molar-refractivity contribution in [3.63, 3.8) is 0 Å². The third-order valence-corrected chi connectivity index (χ3v) is 2.01. The number of carbonyl (C=O) groups excluding carboxylic acids is 1. The molecule has 0 spiro atoms.